The van der Waals surface area contributed by atoms with Gasteiger partial charge < -0.3 is 4.74 Å². The average molecular weight is 470 g/mol. The van der Waals surface area contributed by atoms with Crippen LogP contribution in [0.2, 0.25) is 0 Å². The Morgan fingerprint density at radius 3 is 2.56 bits per heavy atom. The van der Waals surface area contributed by atoms with E-state index in [0.717, 1.165) is 11.1 Å². The van der Waals surface area contributed by atoms with Crippen molar-refractivity contribution in [2.75, 3.05) is 5.32 Å². The molecule has 0 bridgehead atoms. The highest BCUT2D eigenvalue weighted by molar-refractivity contribution is 7.90. The Kier molecular flexibility index (Phi) is 5.56. The van der Waals surface area contributed by atoms with Crippen molar-refractivity contribution in [2.45, 2.75) is 38.2 Å². The lowest BCUT2D eigenvalue weighted by Crippen LogP contribution is -2.26. The fourth-order valence-corrected chi connectivity index (χ4v) is 5.33. The van der Waals surface area contributed by atoms with E-state index in [1.807, 2.05) is 18.4 Å². The summed E-state index contributed by atoms with van der Waals surface area (Å²) in [7, 11) is -3.83. The van der Waals surface area contributed by atoms with Gasteiger partial charge in [-0.2, -0.15) is 0 Å². The number of amides is 1. The van der Waals surface area contributed by atoms with Crippen molar-refractivity contribution in [3.63, 3.8) is 0 Å². The van der Waals surface area contributed by atoms with Gasteiger partial charge in [0.05, 0.1) is 9.90 Å². The van der Waals surface area contributed by atoms with Gasteiger partial charge >= 0.3 is 6.09 Å². The zero-order valence-electron chi connectivity index (χ0n) is 18.1. The molecule has 166 valence electrons. The molecule has 3 aromatic heterocycles. The molecule has 0 saturated carbocycles. The molecule has 0 unspecified atom stereocenters. The van der Waals surface area contributed by atoms with E-state index in [1.54, 1.807) is 69.6 Å². The van der Waals surface area contributed by atoms with Crippen molar-refractivity contribution in [1.82, 2.24) is 8.96 Å². The summed E-state index contributed by atoms with van der Waals surface area (Å²) in [5, 5.41) is 5.88. The molecule has 32 heavy (non-hydrogen) atoms. The van der Waals surface area contributed by atoms with Gasteiger partial charge in [-0.05, 0) is 63.6 Å². The largest absolute Gasteiger partial charge is 0.444 e. The van der Waals surface area contributed by atoms with Gasteiger partial charge in [0, 0.05) is 28.7 Å². The number of aryl methyl sites for hydroxylation is 1. The zero-order chi connectivity index (χ0) is 23.1. The number of fused-ring (bicyclic) bond motifs is 1. The summed E-state index contributed by atoms with van der Waals surface area (Å²) in [4.78, 5) is 16.6. The molecule has 0 fully saturated rings. The third kappa shape index (κ3) is 4.39. The molecule has 0 spiro atoms. The first-order chi connectivity index (χ1) is 15.0. The van der Waals surface area contributed by atoms with Crippen LogP contribution in [0.4, 0.5) is 9.80 Å². The molecule has 0 saturated heterocycles. The van der Waals surface area contributed by atoms with Crippen LogP contribution >= 0.6 is 11.3 Å². The lowest BCUT2D eigenvalue weighted by atomic mass is 10.1. The SMILES string of the molecule is Cc1ccc(S(=O)(=O)n2cc(-c3csc(NC(=O)OC(C)(C)C)c3)c3cccnc32)cc1. The zero-order valence-corrected chi connectivity index (χ0v) is 19.8. The van der Waals surface area contributed by atoms with Crippen molar-refractivity contribution >= 4 is 43.5 Å². The van der Waals surface area contributed by atoms with Crippen LogP contribution in [0.5, 0.6) is 0 Å². The molecule has 4 rings (SSSR count). The van der Waals surface area contributed by atoms with Crippen LogP contribution in [0.1, 0.15) is 26.3 Å². The molecule has 3 heterocycles. The van der Waals surface area contributed by atoms with Gasteiger partial charge in [0.25, 0.3) is 10.0 Å². The third-order valence-corrected chi connectivity index (χ3v) is 7.15. The van der Waals surface area contributed by atoms with Crippen molar-refractivity contribution < 1.29 is 17.9 Å². The van der Waals surface area contributed by atoms with E-state index in [1.165, 1.54) is 15.3 Å². The predicted octanol–water partition coefficient (Wildman–Crippen LogP) is 5.66. The van der Waals surface area contributed by atoms with E-state index in [-0.39, 0.29) is 4.90 Å². The number of hydrogen-bond donors (Lipinski definition) is 1. The number of nitrogens with zero attached hydrogens (tertiary/aromatic N) is 2. The van der Waals surface area contributed by atoms with E-state index in [9.17, 15) is 13.2 Å². The maximum atomic E-state index is 13.3. The molecule has 0 atom stereocenters. The van der Waals surface area contributed by atoms with Crippen molar-refractivity contribution in [2.24, 2.45) is 0 Å². The van der Waals surface area contributed by atoms with Crippen LogP contribution in [-0.2, 0) is 14.8 Å². The number of thiophene rings is 1. The van der Waals surface area contributed by atoms with Gasteiger partial charge in [-0.15, -0.1) is 11.3 Å². The molecule has 0 aliphatic heterocycles. The quantitative estimate of drug-likeness (QED) is 0.417. The first kappa shape index (κ1) is 22.0. The number of aromatic nitrogens is 2. The molecular weight excluding hydrogens is 446 g/mol. The molecule has 1 N–H and O–H groups in total. The molecule has 4 aromatic rings. The number of ether oxygens (including phenoxy) is 1. The van der Waals surface area contributed by atoms with Crippen molar-refractivity contribution in [3.8, 4) is 11.1 Å². The standard InChI is InChI=1S/C23H23N3O4S2/c1-15-7-9-17(10-8-15)32(28,29)26-13-19(18-6-5-11-24-21(18)26)16-12-20(31-14-16)25-22(27)30-23(2,3)4/h5-14H,1-4H3,(H,25,27). The average Bonchev–Trinajstić information content (AvgIpc) is 3.31. The highest BCUT2D eigenvalue weighted by Crippen LogP contribution is 2.36. The number of pyridine rings is 1. The summed E-state index contributed by atoms with van der Waals surface area (Å²) >= 11 is 1.33. The summed E-state index contributed by atoms with van der Waals surface area (Å²) < 4.78 is 33.2. The van der Waals surface area contributed by atoms with E-state index < -0.39 is 21.7 Å². The van der Waals surface area contributed by atoms with Crippen LogP contribution in [-0.4, -0.2) is 29.1 Å². The number of rotatable bonds is 4. The molecule has 7 nitrogen and oxygen atoms in total. The van der Waals surface area contributed by atoms with Gasteiger partial charge in [-0.1, -0.05) is 17.7 Å². The smallest absolute Gasteiger partial charge is 0.412 e. The fraction of sp³-hybridized carbons (Fsp3) is 0.217. The molecule has 0 radical (unpaired) electrons. The van der Waals surface area contributed by atoms with Gasteiger partial charge in [0.15, 0.2) is 5.65 Å². The van der Waals surface area contributed by atoms with Crippen LogP contribution < -0.4 is 5.32 Å². The maximum absolute atomic E-state index is 13.3. The van der Waals surface area contributed by atoms with Crippen LogP contribution in [0.15, 0.2) is 65.1 Å². The number of anilines is 1. The minimum atomic E-state index is -3.83. The second-order valence-electron chi connectivity index (χ2n) is 8.36. The second-order valence-corrected chi connectivity index (χ2v) is 11.1. The molecule has 0 aliphatic rings. The fourth-order valence-electron chi connectivity index (χ4n) is 3.22. The predicted molar refractivity (Wildman–Crippen MR) is 127 cm³/mol. The molecule has 1 amide bonds. The highest BCUT2D eigenvalue weighted by atomic mass is 32.2. The van der Waals surface area contributed by atoms with Crippen LogP contribution in [0.25, 0.3) is 22.2 Å². The number of carbonyl (C=O) groups excluding carboxylic acids is 1. The second kappa shape index (κ2) is 8.07. The van der Waals surface area contributed by atoms with E-state index in [4.69, 9.17) is 4.74 Å². The monoisotopic (exact) mass is 469 g/mol. The number of hydrogen-bond acceptors (Lipinski definition) is 6. The topological polar surface area (TPSA) is 90.3 Å². The maximum Gasteiger partial charge on any atom is 0.412 e. The van der Waals surface area contributed by atoms with Gasteiger partial charge in [-0.25, -0.2) is 22.2 Å². The van der Waals surface area contributed by atoms with E-state index in [0.29, 0.717) is 21.6 Å². The van der Waals surface area contributed by atoms with Crippen LogP contribution in [0, 0.1) is 6.92 Å². The van der Waals surface area contributed by atoms with Gasteiger partial charge in [0.1, 0.15) is 5.60 Å². The number of carbonyl (C=O) groups is 1. The lowest BCUT2D eigenvalue weighted by molar-refractivity contribution is 0.0636. The Balaban J connectivity index is 1.74. The first-order valence-electron chi connectivity index (χ1n) is 9.92. The third-order valence-electron chi connectivity index (χ3n) is 4.64. The van der Waals surface area contributed by atoms with Crippen molar-refractivity contribution in [1.29, 1.82) is 0 Å². The highest BCUT2D eigenvalue weighted by Gasteiger charge is 2.23. The normalized spacial score (nSPS) is 12.1. The Bertz CT molecular complexity index is 1400. The Morgan fingerprint density at radius 1 is 1.16 bits per heavy atom. The molecular formula is C23H23N3O4S2. The van der Waals surface area contributed by atoms with Crippen molar-refractivity contribution in [3.05, 3.63) is 65.8 Å². The van der Waals surface area contributed by atoms with Gasteiger partial charge in [0.2, 0.25) is 0 Å². The molecule has 0 aliphatic carbocycles. The Hall–Kier alpha value is -3.17. The molecule has 1 aromatic carbocycles. The Morgan fingerprint density at radius 2 is 1.88 bits per heavy atom. The first-order valence-corrected chi connectivity index (χ1v) is 12.2. The summed E-state index contributed by atoms with van der Waals surface area (Å²) in [6.07, 6.45) is 2.60. The number of nitrogens with one attached hydrogen (secondary N) is 1. The van der Waals surface area contributed by atoms with Gasteiger partial charge in [-0.3, -0.25) is 5.32 Å². The molecule has 9 heteroatoms. The summed E-state index contributed by atoms with van der Waals surface area (Å²) in [5.74, 6) is 0. The lowest BCUT2D eigenvalue weighted by Gasteiger charge is -2.19. The van der Waals surface area contributed by atoms with Crippen LogP contribution in [0.3, 0.4) is 0 Å². The summed E-state index contributed by atoms with van der Waals surface area (Å²) in [6.45, 7) is 7.29. The minimum absolute atomic E-state index is 0.190. The Labute approximate surface area is 190 Å². The summed E-state index contributed by atoms with van der Waals surface area (Å²) in [5.41, 5.74) is 2.20. The summed E-state index contributed by atoms with van der Waals surface area (Å²) in [6, 6.07) is 12.1. The number of benzene rings is 1. The van der Waals surface area contributed by atoms with E-state index in [2.05, 4.69) is 10.3 Å². The minimum Gasteiger partial charge on any atom is -0.444 e. The van der Waals surface area contributed by atoms with E-state index >= 15 is 0 Å².